The average molecular weight is 164 g/mol. The van der Waals surface area contributed by atoms with Crippen LogP contribution in [0.15, 0.2) is 11.1 Å². The Labute approximate surface area is 70.7 Å². The van der Waals surface area contributed by atoms with Crippen LogP contribution in [0.5, 0.6) is 0 Å². The van der Waals surface area contributed by atoms with Gasteiger partial charge in [-0.25, -0.2) is 4.79 Å². The second kappa shape index (κ2) is 4.92. The van der Waals surface area contributed by atoms with Gasteiger partial charge in [0.05, 0.1) is 12.7 Å². The summed E-state index contributed by atoms with van der Waals surface area (Å²) in [7, 11) is 1.21. The molecule has 0 amide bonds. The Morgan fingerprint density at radius 2 is 1.92 bits per heavy atom. The molecule has 12 heavy (non-hydrogen) atoms. The Kier molecular flexibility index (Phi) is 4.18. The number of rotatable bonds is 2. The molecular weight excluding hydrogens is 156 g/mol. The lowest BCUT2D eigenvalue weighted by atomic mass is 10.1. The van der Waals surface area contributed by atoms with Crippen molar-refractivity contribution in [3.05, 3.63) is 11.1 Å². The number of ether oxygens (including phenoxy) is 1. The fourth-order valence-electron chi connectivity index (χ4n) is 0.706. The van der Waals surface area contributed by atoms with Gasteiger partial charge in [-0.2, -0.15) is 10.5 Å². The third-order valence-corrected chi connectivity index (χ3v) is 1.31. The molecule has 0 radical (unpaired) electrons. The Morgan fingerprint density at radius 1 is 1.42 bits per heavy atom. The normalized spacial score (nSPS) is 7.67. The summed E-state index contributed by atoms with van der Waals surface area (Å²) in [6.45, 7) is 1.68. The molecule has 0 aliphatic carbocycles. The van der Waals surface area contributed by atoms with Crippen LogP contribution in [0.4, 0.5) is 0 Å². The largest absolute Gasteiger partial charge is 0.466 e. The smallest absolute Gasteiger partial charge is 0.335 e. The van der Waals surface area contributed by atoms with E-state index in [2.05, 4.69) is 4.74 Å². The van der Waals surface area contributed by atoms with E-state index in [0.29, 0.717) is 6.42 Å². The highest BCUT2D eigenvalue weighted by atomic mass is 16.5. The standard InChI is InChI=1S/C8H8N2O2/c1-3-7(8(11)12-2)6(4-9)5-10/h3H2,1-2H3. The van der Waals surface area contributed by atoms with E-state index in [4.69, 9.17) is 10.5 Å². The van der Waals surface area contributed by atoms with Gasteiger partial charge < -0.3 is 4.74 Å². The molecule has 62 valence electrons. The SMILES string of the molecule is CCC(C(=O)OC)=C(C#N)C#N. The van der Waals surface area contributed by atoms with Crippen LogP contribution in [0.3, 0.4) is 0 Å². The summed E-state index contributed by atoms with van der Waals surface area (Å²) in [6.07, 6.45) is 0.323. The fraction of sp³-hybridized carbons (Fsp3) is 0.375. The molecule has 4 nitrogen and oxygen atoms in total. The maximum atomic E-state index is 10.9. The summed E-state index contributed by atoms with van der Waals surface area (Å²) >= 11 is 0. The highest BCUT2D eigenvalue weighted by molar-refractivity contribution is 5.91. The Balaban J connectivity index is 5.02. The first-order chi connectivity index (χ1) is 5.71. The van der Waals surface area contributed by atoms with Crippen molar-refractivity contribution in [3.63, 3.8) is 0 Å². The monoisotopic (exact) mass is 164 g/mol. The number of esters is 1. The summed E-state index contributed by atoms with van der Waals surface area (Å²) < 4.78 is 4.39. The molecule has 0 saturated carbocycles. The van der Waals surface area contributed by atoms with E-state index in [9.17, 15) is 4.79 Å². The minimum absolute atomic E-state index is 0.127. The molecule has 4 heteroatoms. The maximum Gasteiger partial charge on any atom is 0.335 e. The molecule has 0 spiro atoms. The van der Waals surface area contributed by atoms with Gasteiger partial charge in [0, 0.05) is 0 Å². The van der Waals surface area contributed by atoms with E-state index in [1.165, 1.54) is 7.11 Å². The van der Waals surface area contributed by atoms with Crippen molar-refractivity contribution in [2.24, 2.45) is 0 Å². The van der Waals surface area contributed by atoms with E-state index in [0.717, 1.165) is 0 Å². The first-order valence-electron chi connectivity index (χ1n) is 3.32. The summed E-state index contributed by atoms with van der Waals surface area (Å²) in [4.78, 5) is 10.9. The molecule has 0 bridgehead atoms. The van der Waals surface area contributed by atoms with Crippen LogP contribution in [-0.4, -0.2) is 13.1 Å². The van der Waals surface area contributed by atoms with Gasteiger partial charge in [0.25, 0.3) is 0 Å². The van der Waals surface area contributed by atoms with Gasteiger partial charge in [0.1, 0.15) is 17.7 Å². The fourth-order valence-corrected chi connectivity index (χ4v) is 0.706. The highest BCUT2D eigenvalue weighted by Crippen LogP contribution is 2.08. The highest BCUT2D eigenvalue weighted by Gasteiger charge is 2.13. The molecule has 0 aromatic rings. The molecular formula is C8H8N2O2. The van der Waals surface area contributed by atoms with Gasteiger partial charge in [0.2, 0.25) is 0 Å². The number of carbonyl (C=O) groups is 1. The summed E-state index contributed by atoms with van der Waals surface area (Å²) in [5, 5.41) is 16.9. The van der Waals surface area contributed by atoms with Crippen LogP contribution in [0.25, 0.3) is 0 Å². The number of hydrogen-bond donors (Lipinski definition) is 0. The molecule has 0 saturated heterocycles. The van der Waals surface area contributed by atoms with Crippen LogP contribution >= 0.6 is 0 Å². The average Bonchev–Trinajstić information content (AvgIpc) is 2.12. The van der Waals surface area contributed by atoms with E-state index >= 15 is 0 Å². The Hall–Kier alpha value is -1.81. The molecule has 0 aliphatic rings. The van der Waals surface area contributed by atoms with Crippen molar-refractivity contribution in [2.45, 2.75) is 13.3 Å². The topological polar surface area (TPSA) is 73.9 Å². The first-order valence-corrected chi connectivity index (χ1v) is 3.32. The Morgan fingerprint density at radius 3 is 2.17 bits per heavy atom. The van der Waals surface area contributed by atoms with E-state index in [1.807, 2.05) is 0 Å². The van der Waals surface area contributed by atoms with Gasteiger partial charge in [-0.3, -0.25) is 0 Å². The van der Waals surface area contributed by atoms with Crippen molar-refractivity contribution in [1.82, 2.24) is 0 Å². The summed E-state index contributed by atoms with van der Waals surface area (Å²) in [5.41, 5.74) is -0.0492. The second-order valence-electron chi connectivity index (χ2n) is 1.92. The van der Waals surface area contributed by atoms with Crippen molar-refractivity contribution in [3.8, 4) is 12.1 Å². The van der Waals surface area contributed by atoms with Crippen LogP contribution < -0.4 is 0 Å². The maximum absolute atomic E-state index is 10.9. The minimum Gasteiger partial charge on any atom is -0.466 e. The van der Waals surface area contributed by atoms with Crippen LogP contribution in [-0.2, 0) is 9.53 Å². The zero-order chi connectivity index (χ0) is 9.56. The van der Waals surface area contributed by atoms with Gasteiger partial charge in [0.15, 0.2) is 0 Å². The van der Waals surface area contributed by atoms with Crippen molar-refractivity contribution >= 4 is 5.97 Å². The predicted octanol–water partition coefficient (Wildman–Crippen LogP) is 0.913. The molecule has 0 rings (SSSR count). The molecule has 0 aromatic carbocycles. The van der Waals surface area contributed by atoms with Gasteiger partial charge >= 0.3 is 5.97 Å². The minimum atomic E-state index is -0.615. The molecule has 0 unspecified atom stereocenters. The number of allylic oxidation sites excluding steroid dienone is 1. The van der Waals surface area contributed by atoms with Crippen LogP contribution in [0, 0.1) is 22.7 Å². The summed E-state index contributed by atoms with van der Waals surface area (Å²) in [6, 6.07) is 3.27. The molecule has 0 atom stereocenters. The second-order valence-corrected chi connectivity index (χ2v) is 1.92. The van der Waals surface area contributed by atoms with Crippen molar-refractivity contribution < 1.29 is 9.53 Å². The van der Waals surface area contributed by atoms with Gasteiger partial charge in [-0.05, 0) is 6.42 Å². The molecule has 0 fully saturated rings. The molecule has 0 N–H and O–H groups in total. The summed E-state index contributed by atoms with van der Waals surface area (Å²) in [5.74, 6) is -0.615. The van der Waals surface area contributed by atoms with Crippen LogP contribution in [0.1, 0.15) is 13.3 Å². The lowest BCUT2D eigenvalue weighted by Crippen LogP contribution is -2.06. The van der Waals surface area contributed by atoms with Crippen molar-refractivity contribution in [2.75, 3.05) is 7.11 Å². The van der Waals surface area contributed by atoms with Crippen molar-refractivity contribution in [1.29, 1.82) is 10.5 Å². The van der Waals surface area contributed by atoms with Gasteiger partial charge in [-0.15, -0.1) is 0 Å². The quantitative estimate of drug-likeness (QED) is 0.345. The van der Waals surface area contributed by atoms with E-state index in [-0.39, 0.29) is 11.1 Å². The Bertz CT molecular complexity index is 275. The molecule has 0 aromatic heterocycles. The third-order valence-electron chi connectivity index (χ3n) is 1.31. The van der Waals surface area contributed by atoms with Gasteiger partial charge in [-0.1, -0.05) is 6.92 Å². The lowest BCUT2D eigenvalue weighted by molar-refractivity contribution is -0.136. The first kappa shape index (κ1) is 10.2. The molecule has 0 heterocycles. The zero-order valence-electron chi connectivity index (χ0n) is 6.92. The third kappa shape index (κ3) is 2.10. The lowest BCUT2D eigenvalue weighted by Gasteiger charge is -1.99. The van der Waals surface area contributed by atoms with Crippen LogP contribution in [0.2, 0.25) is 0 Å². The molecule has 0 aliphatic heterocycles. The number of hydrogen-bond acceptors (Lipinski definition) is 4. The number of nitrogens with zero attached hydrogens (tertiary/aromatic N) is 2. The number of carbonyl (C=O) groups excluding carboxylic acids is 1. The zero-order valence-corrected chi connectivity index (χ0v) is 6.92. The van der Waals surface area contributed by atoms with E-state index in [1.54, 1.807) is 19.1 Å². The number of nitriles is 2. The van der Waals surface area contributed by atoms with E-state index < -0.39 is 5.97 Å². The predicted molar refractivity (Wildman–Crippen MR) is 40.6 cm³/mol. The number of methoxy groups -OCH3 is 1.